The van der Waals surface area contributed by atoms with E-state index in [9.17, 15) is 18.7 Å². The van der Waals surface area contributed by atoms with Crippen LogP contribution in [0.15, 0.2) is 48.5 Å². The highest BCUT2D eigenvalue weighted by molar-refractivity contribution is 5.70. The molecule has 2 atom stereocenters. The summed E-state index contributed by atoms with van der Waals surface area (Å²) in [6.45, 7) is 2.11. The summed E-state index contributed by atoms with van der Waals surface area (Å²) in [6, 6.07) is 11.5. The Labute approximate surface area is 151 Å². The van der Waals surface area contributed by atoms with Crippen molar-refractivity contribution in [3.8, 4) is 0 Å². The van der Waals surface area contributed by atoms with Gasteiger partial charge in [0, 0.05) is 26.0 Å². The van der Waals surface area contributed by atoms with Crippen LogP contribution in [0, 0.1) is 11.6 Å². The van der Waals surface area contributed by atoms with Gasteiger partial charge in [0.1, 0.15) is 17.2 Å². The first kappa shape index (κ1) is 18.3. The lowest BCUT2D eigenvalue weighted by Gasteiger charge is -2.43. The zero-order chi connectivity index (χ0) is 18.7. The zero-order valence-corrected chi connectivity index (χ0v) is 14.5. The van der Waals surface area contributed by atoms with Gasteiger partial charge in [0.05, 0.1) is 6.04 Å². The number of nitrogens with zero attached hydrogens (tertiary/aromatic N) is 1. The summed E-state index contributed by atoms with van der Waals surface area (Å²) in [5.74, 6) is -0.706. The fourth-order valence-electron chi connectivity index (χ4n) is 3.40. The zero-order valence-electron chi connectivity index (χ0n) is 14.5. The van der Waals surface area contributed by atoms with Gasteiger partial charge in [-0.2, -0.15) is 0 Å². The van der Waals surface area contributed by atoms with Crippen LogP contribution < -0.4 is 0 Å². The van der Waals surface area contributed by atoms with E-state index in [4.69, 9.17) is 4.74 Å². The molecule has 0 saturated carbocycles. The number of carbonyl (C=O) groups excluding carboxylic acids is 1. The monoisotopic (exact) mass is 361 g/mol. The average molecular weight is 361 g/mol. The second-order valence-corrected chi connectivity index (χ2v) is 6.51. The Kier molecular flexibility index (Phi) is 5.23. The van der Waals surface area contributed by atoms with E-state index in [-0.39, 0.29) is 30.7 Å². The van der Waals surface area contributed by atoms with Gasteiger partial charge in [0.15, 0.2) is 0 Å². The molecule has 3 rings (SSSR count). The predicted octanol–water partition coefficient (Wildman–Crippen LogP) is 4.15. The predicted molar refractivity (Wildman–Crippen MR) is 92.4 cm³/mol. The van der Waals surface area contributed by atoms with Gasteiger partial charge < -0.3 is 14.7 Å². The number of halogens is 2. The number of aliphatic hydroxyl groups is 1. The van der Waals surface area contributed by atoms with Gasteiger partial charge in [-0.1, -0.05) is 24.3 Å². The van der Waals surface area contributed by atoms with Gasteiger partial charge in [0.2, 0.25) is 0 Å². The van der Waals surface area contributed by atoms with Crippen molar-refractivity contribution in [3.63, 3.8) is 0 Å². The van der Waals surface area contributed by atoms with Gasteiger partial charge in [0.25, 0.3) is 0 Å². The maximum atomic E-state index is 13.2. The molecule has 4 nitrogen and oxygen atoms in total. The molecule has 1 saturated heterocycles. The van der Waals surface area contributed by atoms with E-state index in [1.165, 1.54) is 24.3 Å². The minimum atomic E-state index is -0.974. The van der Waals surface area contributed by atoms with Crippen LogP contribution in [0.25, 0.3) is 0 Å². The Morgan fingerprint density at radius 2 is 1.69 bits per heavy atom. The number of ether oxygens (including phenoxy) is 1. The summed E-state index contributed by atoms with van der Waals surface area (Å²) in [5.41, 5.74) is 0.494. The number of hydrogen-bond donors (Lipinski definition) is 1. The lowest BCUT2D eigenvalue weighted by molar-refractivity contribution is -0.0718. The van der Waals surface area contributed by atoms with Crippen LogP contribution in [-0.2, 0) is 10.3 Å². The van der Waals surface area contributed by atoms with Crippen LogP contribution in [0.1, 0.15) is 36.9 Å². The highest BCUT2D eigenvalue weighted by atomic mass is 19.1. The van der Waals surface area contributed by atoms with E-state index in [1.807, 2.05) is 6.92 Å². The van der Waals surface area contributed by atoms with E-state index in [2.05, 4.69) is 0 Å². The molecule has 0 aliphatic carbocycles. The molecule has 1 aliphatic heterocycles. The van der Waals surface area contributed by atoms with Crippen molar-refractivity contribution in [2.45, 2.75) is 31.4 Å². The molecule has 0 bridgehead atoms. The summed E-state index contributed by atoms with van der Waals surface area (Å²) in [4.78, 5) is 14.3. The van der Waals surface area contributed by atoms with E-state index in [0.717, 1.165) is 5.56 Å². The highest BCUT2D eigenvalue weighted by Gasteiger charge is 2.43. The fraction of sp³-hybridized carbons (Fsp3) is 0.350. The molecule has 1 fully saturated rings. The summed E-state index contributed by atoms with van der Waals surface area (Å²) in [5, 5.41) is 9.45. The SMILES string of the molecule is C[C@@H](c1ccc(F)cc1)N1CC[C@](CCO)(c2ccc(F)cc2)OC1=O. The molecular formula is C20H21F2NO3. The van der Waals surface area contributed by atoms with Crippen LogP contribution in [0.3, 0.4) is 0 Å². The first-order valence-electron chi connectivity index (χ1n) is 8.57. The third-order valence-electron chi connectivity index (χ3n) is 4.98. The fourth-order valence-corrected chi connectivity index (χ4v) is 3.40. The lowest BCUT2D eigenvalue weighted by Crippen LogP contribution is -2.49. The van der Waals surface area contributed by atoms with Gasteiger partial charge in [-0.3, -0.25) is 0 Å². The van der Waals surface area contributed by atoms with Crippen molar-refractivity contribution in [2.75, 3.05) is 13.2 Å². The molecule has 0 unspecified atom stereocenters. The standard InChI is InChI=1S/C20H21F2NO3/c1-14(15-2-6-17(21)7-3-15)23-12-10-20(11-13-24,26-19(23)25)16-4-8-18(22)9-5-16/h2-9,14,24H,10-13H2,1H3/t14-,20-/m0/s1. The first-order valence-corrected chi connectivity index (χ1v) is 8.57. The Bertz CT molecular complexity index is 764. The molecule has 1 aliphatic rings. The van der Waals surface area contributed by atoms with Crippen LogP contribution in [-0.4, -0.2) is 29.3 Å². The average Bonchev–Trinajstić information content (AvgIpc) is 2.63. The molecule has 1 heterocycles. The van der Waals surface area contributed by atoms with E-state index in [0.29, 0.717) is 18.5 Å². The maximum Gasteiger partial charge on any atom is 0.411 e. The van der Waals surface area contributed by atoms with Gasteiger partial charge in [-0.15, -0.1) is 0 Å². The molecule has 6 heteroatoms. The normalized spacial score (nSPS) is 21.4. The third-order valence-corrected chi connectivity index (χ3v) is 4.98. The van der Waals surface area contributed by atoms with Crippen molar-refractivity contribution < 1.29 is 23.4 Å². The van der Waals surface area contributed by atoms with Crippen molar-refractivity contribution in [2.24, 2.45) is 0 Å². The molecule has 26 heavy (non-hydrogen) atoms. The molecule has 0 aromatic heterocycles. The second-order valence-electron chi connectivity index (χ2n) is 6.51. The van der Waals surface area contributed by atoms with E-state index < -0.39 is 11.7 Å². The molecule has 2 aromatic carbocycles. The van der Waals surface area contributed by atoms with Crippen molar-refractivity contribution in [3.05, 3.63) is 71.3 Å². The summed E-state index contributed by atoms with van der Waals surface area (Å²) in [6.07, 6.45) is 0.199. The number of cyclic esters (lactones) is 1. The summed E-state index contributed by atoms with van der Waals surface area (Å²) in [7, 11) is 0. The lowest BCUT2D eigenvalue weighted by atomic mass is 9.85. The molecule has 0 spiro atoms. The van der Waals surface area contributed by atoms with Crippen LogP contribution in [0.4, 0.5) is 13.6 Å². The van der Waals surface area contributed by atoms with E-state index in [1.54, 1.807) is 29.2 Å². The Hall–Kier alpha value is -2.47. The first-order chi connectivity index (χ1) is 12.4. The number of aliphatic hydroxyl groups excluding tert-OH is 1. The summed E-state index contributed by atoms with van der Waals surface area (Å²) < 4.78 is 32.1. The van der Waals surface area contributed by atoms with Crippen molar-refractivity contribution >= 4 is 6.09 Å². The number of rotatable bonds is 5. The van der Waals surface area contributed by atoms with Crippen LogP contribution >= 0.6 is 0 Å². The second kappa shape index (κ2) is 7.41. The van der Waals surface area contributed by atoms with Gasteiger partial charge in [-0.05, 0) is 42.3 Å². The Balaban J connectivity index is 1.81. The minimum Gasteiger partial charge on any atom is -0.438 e. The van der Waals surface area contributed by atoms with Gasteiger partial charge >= 0.3 is 6.09 Å². The minimum absolute atomic E-state index is 0.155. The van der Waals surface area contributed by atoms with Crippen molar-refractivity contribution in [1.29, 1.82) is 0 Å². The molecule has 2 aromatic rings. The third kappa shape index (κ3) is 3.55. The summed E-state index contributed by atoms with van der Waals surface area (Å²) >= 11 is 0. The molecule has 1 amide bonds. The molecule has 1 N–H and O–H groups in total. The van der Waals surface area contributed by atoms with Crippen LogP contribution in [0.2, 0.25) is 0 Å². The van der Waals surface area contributed by atoms with Crippen molar-refractivity contribution in [1.82, 2.24) is 4.90 Å². The number of amides is 1. The number of carbonyl (C=O) groups is 1. The molecule has 138 valence electrons. The highest BCUT2D eigenvalue weighted by Crippen LogP contribution is 2.39. The quantitative estimate of drug-likeness (QED) is 0.871. The number of benzene rings is 2. The van der Waals surface area contributed by atoms with Crippen LogP contribution in [0.5, 0.6) is 0 Å². The van der Waals surface area contributed by atoms with Gasteiger partial charge in [-0.25, -0.2) is 13.6 Å². The van der Waals surface area contributed by atoms with E-state index >= 15 is 0 Å². The molecular weight excluding hydrogens is 340 g/mol. The number of hydrogen-bond acceptors (Lipinski definition) is 3. The Morgan fingerprint density at radius 3 is 2.23 bits per heavy atom. The molecule has 0 radical (unpaired) electrons. The maximum absolute atomic E-state index is 13.2. The largest absolute Gasteiger partial charge is 0.438 e. The smallest absolute Gasteiger partial charge is 0.411 e. The topological polar surface area (TPSA) is 49.8 Å². The Morgan fingerprint density at radius 1 is 1.12 bits per heavy atom.